The molecule has 0 amide bonds. The minimum atomic E-state index is 0.264. The molecular weight excluding hydrogens is 184 g/mol. The minimum Gasteiger partial charge on any atom is -0.299 e. The molecular formula is C14H22O. The fraction of sp³-hybridized carbons (Fsp3) is 0.786. The Labute approximate surface area is 92.9 Å². The zero-order chi connectivity index (χ0) is 11.2. The van der Waals surface area contributed by atoms with Crippen LogP contribution in [-0.4, -0.2) is 5.78 Å². The molecule has 2 fully saturated rings. The molecule has 0 saturated heterocycles. The fourth-order valence-electron chi connectivity index (χ4n) is 3.69. The molecule has 0 aliphatic heterocycles. The molecule has 1 nitrogen and oxygen atoms in total. The Morgan fingerprint density at radius 1 is 1.47 bits per heavy atom. The first-order chi connectivity index (χ1) is 7.00. The number of hydrogen-bond acceptors (Lipinski definition) is 1. The van der Waals surface area contributed by atoms with E-state index in [4.69, 9.17) is 0 Å². The normalized spacial score (nSPS) is 43.0. The molecule has 1 heteroatoms. The molecule has 2 rings (SSSR count). The quantitative estimate of drug-likeness (QED) is 0.632. The van der Waals surface area contributed by atoms with Crippen LogP contribution in [0.15, 0.2) is 12.7 Å². The summed E-state index contributed by atoms with van der Waals surface area (Å²) < 4.78 is 0. The topological polar surface area (TPSA) is 17.1 Å². The van der Waals surface area contributed by atoms with E-state index >= 15 is 0 Å². The lowest BCUT2D eigenvalue weighted by Gasteiger charge is -2.19. The Morgan fingerprint density at radius 2 is 2.13 bits per heavy atom. The van der Waals surface area contributed by atoms with Crippen molar-refractivity contribution in [2.24, 2.45) is 29.1 Å². The van der Waals surface area contributed by atoms with Crippen LogP contribution in [0.1, 0.15) is 40.0 Å². The third-order valence-corrected chi connectivity index (χ3v) is 4.76. The summed E-state index contributed by atoms with van der Waals surface area (Å²) in [6, 6.07) is 0. The molecule has 0 aromatic rings. The van der Waals surface area contributed by atoms with Crippen molar-refractivity contribution in [2.75, 3.05) is 0 Å². The summed E-state index contributed by atoms with van der Waals surface area (Å²) >= 11 is 0. The van der Waals surface area contributed by atoms with Gasteiger partial charge in [0.2, 0.25) is 0 Å². The number of allylic oxidation sites excluding steroid dienone is 1. The van der Waals surface area contributed by atoms with Crippen molar-refractivity contribution in [3.63, 3.8) is 0 Å². The maximum Gasteiger partial charge on any atom is 0.139 e. The molecule has 15 heavy (non-hydrogen) atoms. The number of carbonyl (C=O) groups is 1. The van der Waals surface area contributed by atoms with Gasteiger partial charge in [-0.15, -0.1) is 6.58 Å². The Hall–Kier alpha value is -0.590. The molecule has 0 unspecified atom stereocenters. The first-order valence-corrected chi connectivity index (χ1v) is 6.14. The first kappa shape index (κ1) is 10.9. The highest BCUT2D eigenvalue weighted by molar-refractivity contribution is 5.84. The molecule has 0 aromatic carbocycles. The van der Waals surface area contributed by atoms with Gasteiger partial charge in [0, 0.05) is 11.8 Å². The second-order valence-electron chi connectivity index (χ2n) is 5.97. The number of ketones is 1. The van der Waals surface area contributed by atoms with Gasteiger partial charge in [0.15, 0.2) is 0 Å². The molecule has 0 heterocycles. The van der Waals surface area contributed by atoms with E-state index < -0.39 is 0 Å². The van der Waals surface area contributed by atoms with E-state index in [9.17, 15) is 4.79 Å². The summed E-state index contributed by atoms with van der Waals surface area (Å²) in [4.78, 5) is 12.2. The third kappa shape index (κ3) is 1.56. The monoisotopic (exact) mass is 206 g/mol. The maximum atomic E-state index is 12.2. The van der Waals surface area contributed by atoms with Gasteiger partial charge < -0.3 is 0 Å². The molecule has 0 spiro atoms. The standard InChI is InChI=1S/C14H22O/c1-5-6-10-12-11(14(12,3)4)8-7-9(2)13(10)15/h5,9-12H,1,6-8H2,2-4H3/t9-,10+,11-,12+/m1/s1. The highest BCUT2D eigenvalue weighted by Gasteiger charge is 2.62. The van der Waals surface area contributed by atoms with Crippen LogP contribution in [0.2, 0.25) is 0 Å². The van der Waals surface area contributed by atoms with Crippen LogP contribution in [0.5, 0.6) is 0 Å². The van der Waals surface area contributed by atoms with Crippen molar-refractivity contribution in [3.8, 4) is 0 Å². The van der Waals surface area contributed by atoms with Crippen LogP contribution in [0, 0.1) is 29.1 Å². The van der Waals surface area contributed by atoms with E-state index in [1.165, 1.54) is 6.42 Å². The summed E-state index contributed by atoms with van der Waals surface area (Å²) in [6.07, 6.45) is 5.15. The number of fused-ring (bicyclic) bond motifs is 1. The van der Waals surface area contributed by atoms with Gasteiger partial charge in [0.1, 0.15) is 5.78 Å². The van der Waals surface area contributed by atoms with Gasteiger partial charge in [-0.3, -0.25) is 4.79 Å². The summed E-state index contributed by atoms with van der Waals surface area (Å²) in [7, 11) is 0. The van der Waals surface area contributed by atoms with Gasteiger partial charge in [0.25, 0.3) is 0 Å². The van der Waals surface area contributed by atoms with E-state index in [0.29, 0.717) is 17.1 Å². The van der Waals surface area contributed by atoms with Crippen molar-refractivity contribution in [1.29, 1.82) is 0 Å². The predicted molar refractivity (Wildman–Crippen MR) is 62.5 cm³/mol. The zero-order valence-corrected chi connectivity index (χ0v) is 10.1. The molecule has 0 radical (unpaired) electrons. The molecule has 0 bridgehead atoms. The molecule has 0 N–H and O–H groups in total. The van der Waals surface area contributed by atoms with Crippen molar-refractivity contribution < 1.29 is 4.79 Å². The minimum absolute atomic E-state index is 0.264. The van der Waals surface area contributed by atoms with E-state index in [1.807, 2.05) is 6.08 Å². The third-order valence-electron chi connectivity index (χ3n) is 4.76. The molecule has 2 aliphatic carbocycles. The van der Waals surface area contributed by atoms with E-state index in [-0.39, 0.29) is 11.8 Å². The average Bonchev–Trinajstić information content (AvgIpc) is 2.75. The van der Waals surface area contributed by atoms with E-state index in [1.54, 1.807) is 0 Å². The van der Waals surface area contributed by atoms with Crippen LogP contribution < -0.4 is 0 Å². The highest BCUT2D eigenvalue weighted by Crippen LogP contribution is 2.66. The number of hydrogen-bond donors (Lipinski definition) is 0. The Bertz CT molecular complexity index is 290. The van der Waals surface area contributed by atoms with Crippen LogP contribution in [0.4, 0.5) is 0 Å². The second-order valence-corrected chi connectivity index (χ2v) is 5.97. The fourth-order valence-corrected chi connectivity index (χ4v) is 3.69. The Kier molecular flexibility index (Phi) is 2.52. The van der Waals surface area contributed by atoms with Gasteiger partial charge in [-0.1, -0.05) is 26.8 Å². The average molecular weight is 206 g/mol. The number of carbonyl (C=O) groups excluding carboxylic acids is 1. The second kappa shape index (κ2) is 3.47. The molecule has 2 aliphatic rings. The lowest BCUT2D eigenvalue weighted by Crippen LogP contribution is -2.23. The van der Waals surface area contributed by atoms with Gasteiger partial charge in [0.05, 0.1) is 0 Å². The van der Waals surface area contributed by atoms with Crippen molar-refractivity contribution >= 4 is 5.78 Å². The first-order valence-electron chi connectivity index (χ1n) is 6.14. The van der Waals surface area contributed by atoms with Crippen LogP contribution in [0.3, 0.4) is 0 Å². The Morgan fingerprint density at radius 3 is 2.73 bits per heavy atom. The molecule has 0 aromatic heterocycles. The largest absolute Gasteiger partial charge is 0.299 e. The lowest BCUT2D eigenvalue weighted by molar-refractivity contribution is -0.127. The summed E-state index contributed by atoms with van der Waals surface area (Å²) in [5.41, 5.74) is 0.406. The zero-order valence-electron chi connectivity index (χ0n) is 10.1. The van der Waals surface area contributed by atoms with Crippen molar-refractivity contribution in [2.45, 2.75) is 40.0 Å². The van der Waals surface area contributed by atoms with E-state index in [2.05, 4.69) is 27.4 Å². The summed E-state index contributed by atoms with van der Waals surface area (Å²) in [5.74, 6) is 2.45. The van der Waals surface area contributed by atoms with Crippen molar-refractivity contribution in [3.05, 3.63) is 12.7 Å². The smallest absolute Gasteiger partial charge is 0.139 e. The van der Waals surface area contributed by atoms with Crippen LogP contribution >= 0.6 is 0 Å². The van der Waals surface area contributed by atoms with Crippen LogP contribution in [0.25, 0.3) is 0 Å². The number of rotatable bonds is 2. The summed E-state index contributed by atoms with van der Waals surface area (Å²) in [6.45, 7) is 10.5. The highest BCUT2D eigenvalue weighted by atomic mass is 16.1. The van der Waals surface area contributed by atoms with E-state index in [0.717, 1.165) is 18.8 Å². The van der Waals surface area contributed by atoms with Gasteiger partial charge in [-0.2, -0.15) is 0 Å². The molecule has 2 saturated carbocycles. The van der Waals surface area contributed by atoms with Gasteiger partial charge in [-0.05, 0) is 36.5 Å². The Balaban J connectivity index is 2.21. The van der Waals surface area contributed by atoms with Gasteiger partial charge in [-0.25, -0.2) is 0 Å². The lowest BCUT2D eigenvalue weighted by atomic mass is 9.84. The summed E-state index contributed by atoms with van der Waals surface area (Å²) in [5, 5.41) is 0. The van der Waals surface area contributed by atoms with Crippen LogP contribution in [-0.2, 0) is 4.79 Å². The van der Waals surface area contributed by atoms with Crippen molar-refractivity contribution in [1.82, 2.24) is 0 Å². The number of Topliss-reactive ketones (excluding diaryl/α,β-unsaturated/α-hetero) is 1. The van der Waals surface area contributed by atoms with Gasteiger partial charge >= 0.3 is 0 Å². The molecule has 4 atom stereocenters. The maximum absolute atomic E-state index is 12.2. The SMILES string of the molecule is C=CC[C@@H]1C(=O)[C@H](C)CC[C@@H]2[C@H]1C2(C)C. The predicted octanol–water partition coefficient (Wildman–Crippen LogP) is 3.45. The molecule has 84 valence electrons.